The molecule has 2 N–H and O–H groups in total. The average Bonchev–Trinajstić information content (AvgIpc) is 2.61. The van der Waals surface area contributed by atoms with E-state index in [2.05, 4.69) is 26.5 Å². The van der Waals surface area contributed by atoms with Crippen LogP contribution in [0.3, 0.4) is 0 Å². The van der Waals surface area contributed by atoms with Crippen LogP contribution in [0.1, 0.15) is 36.2 Å². The van der Waals surface area contributed by atoms with Crippen LogP contribution in [0.15, 0.2) is 46.0 Å². The van der Waals surface area contributed by atoms with Crippen LogP contribution in [0.2, 0.25) is 0 Å². The molecule has 0 aromatic heterocycles. The highest BCUT2D eigenvalue weighted by atomic mass is 79.9. The molecule has 0 aliphatic carbocycles. The zero-order valence-corrected chi connectivity index (χ0v) is 16.2. The van der Waals surface area contributed by atoms with E-state index in [0.717, 1.165) is 16.5 Å². The van der Waals surface area contributed by atoms with Crippen molar-refractivity contribution < 1.29 is 19.4 Å². The predicted molar refractivity (Wildman–Crippen MR) is 106 cm³/mol. The van der Waals surface area contributed by atoms with E-state index in [1.165, 1.54) is 6.07 Å². The SMILES string of the molecule is CCCOc1c(Br)cc(C=NNc2ccccc2C(=O)O)cc1OCC. The Morgan fingerprint density at radius 3 is 2.73 bits per heavy atom. The largest absolute Gasteiger partial charge is 0.490 e. The lowest BCUT2D eigenvalue weighted by atomic mass is 10.2. The van der Waals surface area contributed by atoms with E-state index in [-0.39, 0.29) is 5.56 Å². The second-order valence-corrected chi connectivity index (χ2v) is 6.19. The van der Waals surface area contributed by atoms with E-state index in [9.17, 15) is 9.90 Å². The van der Waals surface area contributed by atoms with Gasteiger partial charge in [0.25, 0.3) is 0 Å². The highest BCUT2D eigenvalue weighted by Crippen LogP contribution is 2.36. The van der Waals surface area contributed by atoms with Crippen LogP contribution in [0.5, 0.6) is 11.5 Å². The van der Waals surface area contributed by atoms with Crippen LogP contribution in [-0.2, 0) is 0 Å². The van der Waals surface area contributed by atoms with Gasteiger partial charge in [-0.05, 0) is 59.1 Å². The maximum absolute atomic E-state index is 11.2. The van der Waals surface area contributed by atoms with Crippen molar-refractivity contribution in [2.75, 3.05) is 18.6 Å². The van der Waals surface area contributed by atoms with Crippen LogP contribution < -0.4 is 14.9 Å². The van der Waals surface area contributed by atoms with Crippen LogP contribution in [0.4, 0.5) is 5.69 Å². The lowest BCUT2D eigenvalue weighted by Gasteiger charge is -2.14. The van der Waals surface area contributed by atoms with Gasteiger partial charge < -0.3 is 14.6 Å². The first-order valence-corrected chi connectivity index (χ1v) is 9.06. The van der Waals surface area contributed by atoms with Gasteiger partial charge in [0.05, 0.1) is 35.2 Å². The molecule has 0 heterocycles. The Bertz CT molecular complexity index is 793. The molecular formula is C19H21BrN2O4. The first-order valence-electron chi connectivity index (χ1n) is 8.27. The summed E-state index contributed by atoms with van der Waals surface area (Å²) in [5, 5.41) is 13.3. The molecule has 0 radical (unpaired) electrons. The molecule has 2 rings (SSSR count). The van der Waals surface area contributed by atoms with Gasteiger partial charge in [-0.15, -0.1) is 0 Å². The van der Waals surface area contributed by atoms with Gasteiger partial charge in [0.1, 0.15) is 0 Å². The fraction of sp³-hybridized carbons (Fsp3) is 0.263. The summed E-state index contributed by atoms with van der Waals surface area (Å²) in [6, 6.07) is 10.3. The Hall–Kier alpha value is -2.54. The predicted octanol–water partition coefficient (Wildman–Crippen LogP) is 4.78. The Kier molecular flexibility index (Phi) is 7.47. The topological polar surface area (TPSA) is 80.2 Å². The number of hydrogen-bond donors (Lipinski definition) is 2. The third-order valence-corrected chi connectivity index (χ3v) is 3.93. The number of benzene rings is 2. The van der Waals surface area contributed by atoms with Gasteiger partial charge in [0, 0.05) is 0 Å². The number of rotatable bonds is 9. The number of nitrogens with zero attached hydrogens (tertiary/aromatic N) is 1. The fourth-order valence-corrected chi connectivity index (χ4v) is 2.79. The number of carbonyl (C=O) groups is 1. The Morgan fingerprint density at radius 1 is 1.27 bits per heavy atom. The number of hydrazone groups is 1. The lowest BCUT2D eigenvalue weighted by molar-refractivity contribution is 0.0698. The summed E-state index contributed by atoms with van der Waals surface area (Å²) in [6.45, 7) is 5.05. The number of hydrogen-bond acceptors (Lipinski definition) is 5. The maximum Gasteiger partial charge on any atom is 0.337 e. The number of halogens is 1. The molecule has 0 unspecified atom stereocenters. The molecule has 2 aromatic carbocycles. The number of para-hydroxylation sites is 1. The minimum absolute atomic E-state index is 0.157. The third-order valence-electron chi connectivity index (χ3n) is 3.34. The molecule has 0 bridgehead atoms. The molecule has 0 fully saturated rings. The summed E-state index contributed by atoms with van der Waals surface area (Å²) in [5.74, 6) is 0.278. The molecule has 138 valence electrons. The number of anilines is 1. The summed E-state index contributed by atoms with van der Waals surface area (Å²) in [6.07, 6.45) is 2.49. The molecule has 2 aromatic rings. The van der Waals surface area contributed by atoms with Crippen molar-refractivity contribution in [1.82, 2.24) is 0 Å². The molecule has 7 heteroatoms. The van der Waals surface area contributed by atoms with Gasteiger partial charge in [-0.3, -0.25) is 5.43 Å². The second kappa shape index (κ2) is 9.82. The average molecular weight is 421 g/mol. The van der Waals surface area contributed by atoms with Crippen molar-refractivity contribution in [3.05, 3.63) is 52.0 Å². The number of carboxylic acid groups (broad SMARTS) is 1. The summed E-state index contributed by atoms with van der Waals surface area (Å²) < 4.78 is 12.2. The van der Waals surface area contributed by atoms with E-state index in [1.807, 2.05) is 26.0 Å². The highest BCUT2D eigenvalue weighted by Gasteiger charge is 2.12. The Labute approximate surface area is 161 Å². The van der Waals surface area contributed by atoms with Gasteiger partial charge in [0.15, 0.2) is 11.5 Å². The van der Waals surface area contributed by atoms with Crippen molar-refractivity contribution in [3.63, 3.8) is 0 Å². The minimum atomic E-state index is -1.01. The molecule has 0 amide bonds. The molecule has 0 saturated carbocycles. The molecule has 6 nitrogen and oxygen atoms in total. The van der Waals surface area contributed by atoms with Crippen molar-refractivity contribution in [2.45, 2.75) is 20.3 Å². The molecule has 0 aliphatic heterocycles. The normalized spacial score (nSPS) is 10.7. The van der Waals surface area contributed by atoms with Gasteiger partial charge in [-0.25, -0.2) is 4.79 Å². The van der Waals surface area contributed by atoms with E-state index in [1.54, 1.807) is 24.4 Å². The standard InChI is InChI=1S/C19H21BrN2O4/c1-3-9-26-18-15(20)10-13(11-17(18)25-4-2)12-21-22-16-8-6-5-7-14(16)19(23)24/h5-8,10-12,22H,3-4,9H2,1-2H3,(H,23,24). The van der Waals surface area contributed by atoms with E-state index in [0.29, 0.717) is 30.4 Å². The molecule has 0 spiro atoms. The Balaban J connectivity index is 2.21. The number of carboxylic acids is 1. The first-order chi connectivity index (χ1) is 12.6. The van der Waals surface area contributed by atoms with Crippen molar-refractivity contribution in [1.29, 1.82) is 0 Å². The first kappa shape index (κ1) is 19.8. The lowest BCUT2D eigenvalue weighted by Crippen LogP contribution is -2.03. The monoisotopic (exact) mass is 420 g/mol. The molecule has 26 heavy (non-hydrogen) atoms. The second-order valence-electron chi connectivity index (χ2n) is 5.33. The van der Waals surface area contributed by atoms with Crippen LogP contribution in [0, 0.1) is 0 Å². The van der Waals surface area contributed by atoms with Crippen LogP contribution in [-0.4, -0.2) is 30.5 Å². The van der Waals surface area contributed by atoms with Crippen molar-refractivity contribution in [2.24, 2.45) is 5.10 Å². The summed E-state index contributed by atoms with van der Waals surface area (Å²) >= 11 is 3.50. The number of ether oxygens (including phenoxy) is 2. The zero-order valence-electron chi connectivity index (χ0n) is 14.7. The van der Waals surface area contributed by atoms with Gasteiger partial charge in [0.2, 0.25) is 0 Å². The number of nitrogens with one attached hydrogen (secondary N) is 1. The van der Waals surface area contributed by atoms with Gasteiger partial charge >= 0.3 is 5.97 Å². The maximum atomic E-state index is 11.2. The highest BCUT2D eigenvalue weighted by molar-refractivity contribution is 9.10. The van der Waals surface area contributed by atoms with Crippen molar-refractivity contribution >= 4 is 33.8 Å². The number of aromatic carboxylic acids is 1. The molecular weight excluding hydrogens is 400 g/mol. The summed E-state index contributed by atoms with van der Waals surface area (Å²) in [7, 11) is 0. The van der Waals surface area contributed by atoms with Crippen LogP contribution >= 0.6 is 15.9 Å². The van der Waals surface area contributed by atoms with E-state index in [4.69, 9.17) is 9.47 Å². The molecule has 0 aliphatic rings. The molecule has 0 saturated heterocycles. The fourth-order valence-electron chi connectivity index (χ4n) is 2.21. The smallest absolute Gasteiger partial charge is 0.337 e. The summed E-state index contributed by atoms with van der Waals surface area (Å²) in [5.41, 5.74) is 4.12. The summed E-state index contributed by atoms with van der Waals surface area (Å²) in [4.78, 5) is 11.2. The van der Waals surface area contributed by atoms with Crippen molar-refractivity contribution in [3.8, 4) is 11.5 Å². The van der Waals surface area contributed by atoms with Crippen LogP contribution in [0.25, 0.3) is 0 Å². The van der Waals surface area contributed by atoms with Gasteiger partial charge in [-0.2, -0.15) is 5.10 Å². The van der Waals surface area contributed by atoms with Gasteiger partial charge in [-0.1, -0.05) is 19.1 Å². The Morgan fingerprint density at radius 2 is 2.04 bits per heavy atom. The van der Waals surface area contributed by atoms with E-state index < -0.39 is 5.97 Å². The molecule has 0 atom stereocenters. The van der Waals surface area contributed by atoms with E-state index >= 15 is 0 Å². The minimum Gasteiger partial charge on any atom is -0.490 e. The third kappa shape index (κ3) is 5.23. The quantitative estimate of drug-likeness (QED) is 0.450. The zero-order chi connectivity index (χ0) is 18.9.